The number of halogens is 4. The van der Waals surface area contributed by atoms with Gasteiger partial charge in [-0.1, -0.05) is 11.6 Å². The molecule has 0 bridgehead atoms. The number of hydrogen-bond donors (Lipinski definition) is 0. The molecule has 1 aromatic rings. The van der Waals surface area contributed by atoms with Crippen LogP contribution in [-0.2, 0) is 0 Å². The van der Waals surface area contributed by atoms with Gasteiger partial charge in [-0.3, -0.25) is 0 Å². The largest absolute Gasteiger partial charge is 0.405 e. The molecule has 0 aromatic carbocycles. The average Bonchev–Trinajstić information content (AvgIpc) is 2.01. The highest BCUT2D eigenvalue weighted by Crippen LogP contribution is 2.23. The van der Waals surface area contributed by atoms with Crippen molar-refractivity contribution in [3.05, 3.63) is 17.5 Å². The van der Waals surface area contributed by atoms with Crippen molar-refractivity contribution in [3.63, 3.8) is 0 Å². The van der Waals surface area contributed by atoms with Gasteiger partial charge in [0.25, 0.3) is 0 Å². The van der Waals surface area contributed by atoms with Crippen LogP contribution in [0.1, 0.15) is 0 Å². The Labute approximate surface area is 83.5 Å². The van der Waals surface area contributed by atoms with Gasteiger partial charge >= 0.3 is 6.18 Å². The Hall–Kier alpha value is -1.04. The highest BCUT2D eigenvalue weighted by atomic mass is 35.5. The van der Waals surface area contributed by atoms with Crippen molar-refractivity contribution in [1.29, 1.82) is 0 Å². The van der Waals surface area contributed by atoms with Crippen LogP contribution in [0.3, 0.4) is 0 Å². The first-order chi connectivity index (χ1) is 6.40. The Balaban J connectivity index is 2.80. The van der Waals surface area contributed by atoms with Crippen molar-refractivity contribution in [3.8, 4) is 0 Å². The van der Waals surface area contributed by atoms with Crippen LogP contribution in [0.5, 0.6) is 0 Å². The van der Waals surface area contributed by atoms with Crippen LogP contribution in [0.15, 0.2) is 12.4 Å². The SMILES string of the molecule is CN(CC(F)(F)F)c1nccnc1Cl. The van der Waals surface area contributed by atoms with Crippen LogP contribution in [-0.4, -0.2) is 29.7 Å². The van der Waals surface area contributed by atoms with Crippen LogP contribution in [0, 0.1) is 0 Å². The molecule has 0 fully saturated rings. The van der Waals surface area contributed by atoms with Gasteiger partial charge in [-0.15, -0.1) is 0 Å². The van der Waals surface area contributed by atoms with Crippen molar-refractivity contribution in [1.82, 2.24) is 9.97 Å². The summed E-state index contributed by atoms with van der Waals surface area (Å²) in [7, 11) is 1.25. The number of aromatic nitrogens is 2. The number of hydrogen-bond acceptors (Lipinski definition) is 3. The summed E-state index contributed by atoms with van der Waals surface area (Å²) in [4.78, 5) is 8.22. The van der Waals surface area contributed by atoms with Crippen LogP contribution < -0.4 is 4.90 Å². The molecule has 0 aliphatic rings. The van der Waals surface area contributed by atoms with E-state index in [1.54, 1.807) is 0 Å². The fraction of sp³-hybridized carbons (Fsp3) is 0.429. The molecule has 0 amide bonds. The molecule has 0 aliphatic heterocycles. The summed E-state index contributed by atoms with van der Waals surface area (Å²) in [5, 5.41) is -0.0424. The molecule has 0 spiro atoms. The van der Waals surface area contributed by atoms with Gasteiger partial charge < -0.3 is 4.90 Å². The maximum atomic E-state index is 12.0. The Morgan fingerprint density at radius 1 is 1.36 bits per heavy atom. The van der Waals surface area contributed by atoms with Gasteiger partial charge in [0.1, 0.15) is 6.54 Å². The zero-order valence-corrected chi connectivity index (χ0v) is 7.97. The summed E-state index contributed by atoms with van der Waals surface area (Å²) in [6.07, 6.45) is -1.68. The topological polar surface area (TPSA) is 29.0 Å². The van der Waals surface area contributed by atoms with Gasteiger partial charge in [0, 0.05) is 19.4 Å². The molecule has 0 atom stereocenters. The zero-order chi connectivity index (χ0) is 10.8. The van der Waals surface area contributed by atoms with Crippen LogP contribution in [0.4, 0.5) is 19.0 Å². The smallest absolute Gasteiger partial charge is 0.348 e. The Bertz CT molecular complexity index is 315. The quantitative estimate of drug-likeness (QED) is 0.772. The highest BCUT2D eigenvalue weighted by molar-refractivity contribution is 6.31. The van der Waals surface area contributed by atoms with Gasteiger partial charge in [-0.05, 0) is 0 Å². The number of anilines is 1. The number of rotatable bonds is 2. The van der Waals surface area contributed by atoms with E-state index in [4.69, 9.17) is 11.6 Å². The van der Waals surface area contributed by atoms with Crippen LogP contribution in [0.25, 0.3) is 0 Å². The van der Waals surface area contributed by atoms with E-state index in [0.717, 1.165) is 4.90 Å². The predicted octanol–water partition coefficient (Wildman–Crippen LogP) is 2.13. The minimum atomic E-state index is -4.28. The Morgan fingerprint density at radius 3 is 2.43 bits per heavy atom. The summed E-state index contributed by atoms with van der Waals surface area (Å²) in [6.45, 7) is -1.11. The monoisotopic (exact) mass is 225 g/mol. The van der Waals surface area contributed by atoms with E-state index < -0.39 is 12.7 Å². The second kappa shape index (κ2) is 4.00. The summed E-state index contributed by atoms with van der Waals surface area (Å²) in [6, 6.07) is 0. The lowest BCUT2D eigenvalue weighted by Gasteiger charge is -2.19. The summed E-state index contributed by atoms with van der Waals surface area (Å²) >= 11 is 5.57. The first kappa shape index (κ1) is 11.0. The lowest BCUT2D eigenvalue weighted by Crippen LogP contribution is -2.31. The number of alkyl halides is 3. The molecule has 7 heteroatoms. The van der Waals surface area contributed by atoms with E-state index in [1.165, 1.54) is 19.4 Å². The molecule has 0 radical (unpaired) electrons. The molecular formula is C7H7ClF3N3. The number of nitrogens with zero attached hydrogens (tertiary/aromatic N) is 3. The lowest BCUT2D eigenvalue weighted by molar-refractivity contribution is -0.119. The van der Waals surface area contributed by atoms with Crippen molar-refractivity contribution < 1.29 is 13.2 Å². The van der Waals surface area contributed by atoms with E-state index in [1.807, 2.05) is 0 Å². The molecule has 14 heavy (non-hydrogen) atoms. The molecule has 1 aromatic heterocycles. The minimum absolute atomic E-state index is 0.0199. The fourth-order valence-electron chi connectivity index (χ4n) is 0.914. The summed E-state index contributed by atoms with van der Waals surface area (Å²) in [5.74, 6) is 0.0199. The molecule has 3 nitrogen and oxygen atoms in total. The normalized spacial score (nSPS) is 11.5. The van der Waals surface area contributed by atoms with Crippen molar-refractivity contribution in [2.75, 3.05) is 18.5 Å². The molecule has 0 aliphatic carbocycles. The molecule has 0 N–H and O–H groups in total. The Morgan fingerprint density at radius 2 is 1.93 bits per heavy atom. The third-order valence-electron chi connectivity index (χ3n) is 1.41. The van der Waals surface area contributed by atoms with E-state index in [0.29, 0.717) is 0 Å². The van der Waals surface area contributed by atoms with Crippen molar-refractivity contribution >= 4 is 17.4 Å². The minimum Gasteiger partial charge on any atom is -0.348 e. The third kappa shape index (κ3) is 3.02. The molecule has 78 valence electrons. The molecule has 1 rings (SSSR count). The predicted molar refractivity (Wildman–Crippen MR) is 46.4 cm³/mol. The van der Waals surface area contributed by atoms with Crippen molar-refractivity contribution in [2.45, 2.75) is 6.18 Å². The average molecular weight is 226 g/mol. The van der Waals surface area contributed by atoms with Gasteiger partial charge in [-0.2, -0.15) is 13.2 Å². The second-order valence-electron chi connectivity index (χ2n) is 2.64. The lowest BCUT2D eigenvalue weighted by atomic mass is 10.5. The maximum absolute atomic E-state index is 12.0. The van der Waals surface area contributed by atoms with E-state index in [9.17, 15) is 13.2 Å². The standard InChI is InChI=1S/C7H7ClF3N3/c1-14(4-7(9,10)11)6-5(8)12-2-3-13-6/h2-3H,4H2,1H3. The van der Waals surface area contributed by atoms with Gasteiger partial charge in [-0.25, -0.2) is 9.97 Å². The molecule has 0 saturated carbocycles. The van der Waals surface area contributed by atoms with Crippen LogP contribution in [0.2, 0.25) is 5.15 Å². The summed E-state index contributed by atoms with van der Waals surface area (Å²) < 4.78 is 36.0. The second-order valence-corrected chi connectivity index (χ2v) is 3.00. The van der Waals surface area contributed by atoms with Gasteiger partial charge in [0.2, 0.25) is 0 Å². The van der Waals surface area contributed by atoms with Crippen molar-refractivity contribution in [2.24, 2.45) is 0 Å². The third-order valence-corrected chi connectivity index (χ3v) is 1.68. The first-order valence-corrected chi connectivity index (χ1v) is 4.02. The molecule has 0 unspecified atom stereocenters. The van der Waals surface area contributed by atoms with E-state index >= 15 is 0 Å². The first-order valence-electron chi connectivity index (χ1n) is 3.64. The zero-order valence-electron chi connectivity index (χ0n) is 7.22. The molecular weight excluding hydrogens is 219 g/mol. The molecule has 0 saturated heterocycles. The van der Waals surface area contributed by atoms with E-state index in [2.05, 4.69) is 9.97 Å². The van der Waals surface area contributed by atoms with E-state index in [-0.39, 0.29) is 11.0 Å². The fourth-order valence-corrected chi connectivity index (χ4v) is 1.16. The summed E-state index contributed by atoms with van der Waals surface area (Å²) in [5.41, 5.74) is 0. The Kier molecular flexibility index (Phi) is 3.15. The van der Waals surface area contributed by atoms with Gasteiger partial charge in [0.15, 0.2) is 11.0 Å². The maximum Gasteiger partial charge on any atom is 0.405 e. The van der Waals surface area contributed by atoms with Crippen LogP contribution >= 0.6 is 11.6 Å². The molecule has 1 heterocycles. The van der Waals surface area contributed by atoms with Gasteiger partial charge in [0.05, 0.1) is 0 Å². The highest BCUT2D eigenvalue weighted by Gasteiger charge is 2.30.